The first-order valence-corrected chi connectivity index (χ1v) is 7.05. The predicted octanol–water partition coefficient (Wildman–Crippen LogP) is 1.11. The Bertz CT molecular complexity index is 389. The maximum Gasteiger partial charge on any atom is 0.225 e. The number of aromatic nitrogens is 2. The minimum atomic E-state index is 0.471. The number of nitrogens with zero attached hydrogens (tertiary/aromatic N) is 4. The molecule has 1 aromatic heterocycles. The van der Waals surface area contributed by atoms with Gasteiger partial charge in [-0.2, -0.15) is 0 Å². The summed E-state index contributed by atoms with van der Waals surface area (Å²) in [6, 6.07) is 0.954. The van der Waals surface area contributed by atoms with Gasteiger partial charge in [0.1, 0.15) is 0 Å². The Balaban J connectivity index is 1.98. The summed E-state index contributed by atoms with van der Waals surface area (Å²) in [6.07, 6.45) is 3.87. The van der Waals surface area contributed by atoms with Crippen molar-refractivity contribution >= 4 is 5.95 Å². The standard InChI is InChI=1S/C14H25N5/c1-11(2)15-7-13-8-16-14(17-9-13)19-6-5-18(4)10-12(19)3/h8-9,11-12,15H,5-7,10H2,1-4H3. The third kappa shape index (κ3) is 3.88. The van der Waals surface area contributed by atoms with Gasteiger partial charge in [0.05, 0.1) is 0 Å². The zero-order chi connectivity index (χ0) is 13.8. The van der Waals surface area contributed by atoms with Crippen LogP contribution in [0, 0.1) is 0 Å². The van der Waals surface area contributed by atoms with E-state index in [0.29, 0.717) is 12.1 Å². The fourth-order valence-electron chi connectivity index (χ4n) is 2.35. The average Bonchev–Trinajstić information content (AvgIpc) is 2.37. The van der Waals surface area contributed by atoms with Crippen molar-refractivity contribution in [3.63, 3.8) is 0 Å². The van der Waals surface area contributed by atoms with Crippen LogP contribution in [0.3, 0.4) is 0 Å². The number of likely N-dealkylation sites (N-methyl/N-ethyl adjacent to an activating group) is 1. The van der Waals surface area contributed by atoms with Crippen LogP contribution in [-0.2, 0) is 6.54 Å². The van der Waals surface area contributed by atoms with Crippen molar-refractivity contribution in [1.29, 1.82) is 0 Å². The van der Waals surface area contributed by atoms with Crippen LogP contribution >= 0.6 is 0 Å². The molecule has 1 unspecified atom stereocenters. The van der Waals surface area contributed by atoms with Crippen molar-refractivity contribution in [1.82, 2.24) is 20.2 Å². The second kappa shape index (κ2) is 6.30. The van der Waals surface area contributed by atoms with E-state index in [1.54, 1.807) is 0 Å². The largest absolute Gasteiger partial charge is 0.336 e. The van der Waals surface area contributed by atoms with E-state index >= 15 is 0 Å². The van der Waals surface area contributed by atoms with Crippen LogP contribution in [-0.4, -0.2) is 53.6 Å². The second-order valence-electron chi connectivity index (χ2n) is 5.73. The molecule has 1 aliphatic rings. The summed E-state index contributed by atoms with van der Waals surface area (Å²) in [5, 5.41) is 3.38. The van der Waals surface area contributed by atoms with E-state index in [1.165, 1.54) is 0 Å². The molecule has 0 amide bonds. The SMILES string of the molecule is CC(C)NCc1cnc(N2CCN(C)CC2C)nc1. The molecule has 19 heavy (non-hydrogen) atoms. The topological polar surface area (TPSA) is 44.3 Å². The van der Waals surface area contributed by atoms with Gasteiger partial charge in [-0.05, 0) is 14.0 Å². The van der Waals surface area contributed by atoms with Crippen molar-refractivity contribution < 1.29 is 0 Å². The van der Waals surface area contributed by atoms with Gasteiger partial charge in [0.2, 0.25) is 5.95 Å². The van der Waals surface area contributed by atoms with E-state index in [-0.39, 0.29) is 0 Å². The van der Waals surface area contributed by atoms with Crippen LogP contribution in [0.25, 0.3) is 0 Å². The van der Waals surface area contributed by atoms with Crippen molar-refractivity contribution in [3.8, 4) is 0 Å². The minimum absolute atomic E-state index is 0.471. The Kier molecular flexibility index (Phi) is 4.71. The van der Waals surface area contributed by atoms with Gasteiger partial charge in [-0.25, -0.2) is 9.97 Å². The third-order valence-electron chi connectivity index (χ3n) is 3.49. The molecule has 0 aliphatic carbocycles. The highest BCUT2D eigenvalue weighted by molar-refractivity contribution is 5.32. The molecule has 1 aromatic rings. The summed E-state index contributed by atoms with van der Waals surface area (Å²) in [5.41, 5.74) is 1.14. The van der Waals surface area contributed by atoms with E-state index in [1.807, 2.05) is 12.4 Å². The Morgan fingerprint density at radius 1 is 1.32 bits per heavy atom. The number of rotatable bonds is 4. The van der Waals surface area contributed by atoms with E-state index in [2.05, 4.69) is 52.9 Å². The van der Waals surface area contributed by atoms with Gasteiger partial charge in [0.25, 0.3) is 0 Å². The maximum atomic E-state index is 4.51. The Morgan fingerprint density at radius 2 is 2.00 bits per heavy atom. The average molecular weight is 263 g/mol. The zero-order valence-electron chi connectivity index (χ0n) is 12.4. The molecule has 106 valence electrons. The zero-order valence-corrected chi connectivity index (χ0v) is 12.4. The van der Waals surface area contributed by atoms with E-state index < -0.39 is 0 Å². The lowest BCUT2D eigenvalue weighted by molar-refractivity contribution is 0.273. The maximum absolute atomic E-state index is 4.51. The van der Waals surface area contributed by atoms with E-state index in [4.69, 9.17) is 0 Å². The molecular weight excluding hydrogens is 238 g/mol. The van der Waals surface area contributed by atoms with Crippen LogP contribution < -0.4 is 10.2 Å². The third-order valence-corrected chi connectivity index (χ3v) is 3.49. The summed E-state index contributed by atoms with van der Waals surface area (Å²) in [4.78, 5) is 13.7. The summed E-state index contributed by atoms with van der Waals surface area (Å²) in [5.74, 6) is 0.855. The van der Waals surface area contributed by atoms with Gasteiger partial charge >= 0.3 is 0 Å². The molecule has 0 bridgehead atoms. The summed E-state index contributed by atoms with van der Waals surface area (Å²) in [7, 11) is 2.16. The van der Waals surface area contributed by atoms with Crippen molar-refractivity contribution in [3.05, 3.63) is 18.0 Å². The van der Waals surface area contributed by atoms with Gasteiger partial charge in [-0.15, -0.1) is 0 Å². The van der Waals surface area contributed by atoms with Crippen LogP contribution in [0.4, 0.5) is 5.95 Å². The molecule has 1 aliphatic heterocycles. The van der Waals surface area contributed by atoms with Crippen LogP contribution in [0.5, 0.6) is 0 Å². The van der Waals surface area contributed by atoms with Crippen LogP contribution in [0.2, 0.25) is 0 Å². The normalized spacial score (nSPS) is 21.1. The fraction of sp³-hybridized carbons (Fsp3) is 0.714. The minimum Gasteiger partial charge on any atom is -0.336 e. The second-order valence-corrected chi connectivity index (χ2v) is 5.73. The first kappa shape index (κ1) is 14.2. The Morgan fingerprint density at radius 3 is 2.58 bits per heavy atom. The number of nitrogens with one attached hydrogen (secondary N) is 1. The molecule has 0 spiro atoms. The molecule has 1 fully saturated rings. The van der Waals surface area contributed by atoms with Crippen molar-refractivity contribution in [2.75, 3.05) is 31.6 Å². The highest BCUT2D eigenvalue weighted by atomic mass is 15.3. The number of hydrogen-bond acceptors (Lipinski definition) is 5. The van der Waals surface area contributed by atoms with Gasteiger partial charge in [-0.1, -0.05) is 13.8 Å². The fourth-order valence-corrected chi connectivity index (χ4v) is 2.35. The van der Waals surface area contributed by atoms with Gasteiger partial charge < -0.3 is 15.1 Å². The highest BCUT2D eigenvalue weighted by Gasteiger charge is 2.23. The van der Waals surface area contributed by atoms with Crippen molar-refractivity contribution in [2.45, 2.75) is 39.4 Å². The molecule has 0 saturated carbocycles. The first-order valence-electron chi connectivity index (χ1n) is 7.05. The molecule has 1 N–H and O–H groups in total. The molecule has 1 atom stereocenters. The molecule has 2 rings (SSSR count). The lowest BCUT2D eigenvalue weighted by atomic mass is 10.2. The molecular formula is C14H25N5. The number of anilines is 1. The van der Waals surface area contributed by atoms with Crippen LogP contribution in [0.15, 0.2) is 12.4 Å². The van der Waals surface area contributed by atoms with Gasteiger partial charge in [0.15, 0.2) is 0 Å². The Hall–Kier alpha value is -1.20. The smallest absolute Gasteiger partial charge is 0.225 e. The molecule has 1 saturated heterocycles. The summed E-state index contributed by atoms with van der Waals surface area (Å²) in [6.45, 7) is 10.5. The molecule has 2 heterocycles. The lowest BCUT2D eigenvalue weighted by Gasteiger charge is -2.38. The van der Waals surface area contributed by atoms with E-state index in [0.717, 1.165) is 37.7 Å². The Labute approximate surface area is 116 Å². The number of piperazine rings is 1. The predicted molar refractivity (Wildman–Crippen MR) is 78.3 cm³/mol. The van der Waals surface area contributed by atoms with E-state index in [9.17, 15) is 0 Å². The number of hydrogen-bond donors (Lipinski definition) is 1. The molecule has 0 aromatic carbocycles. The quantitative estimate of drug-likeness (QED) is 0.882. The highest BCUT2D eigenvalue weighted by Crippen LogP contribution is 2.15. The molecule has 0 radical (unpaired) electrons. The molecule has 5 nitrogen and oxygen atoms in total. The summed E-state index contributed by atoms with van der Waals surface area (Å²) < 4.78 is 0. The molecule has 5 heteroatoms. The van der Waals surface area contributed by atoms with Crippen LogP contribution in [0.1, 0.15) is 26.3 Å². The summed E-state index contributed by atoms with van der Waals surface area (Å²) >= 11 is 0. The first-order chi connectivity index (χ1) is 9.06. The lowest BCUT2D eigenvalue weighted by Crippen LogP contribution is -2.51. The van der Waals surface area contributed by atoms with Gasteiger partial charge in [0, 0.05) is 56.2 Å². The van der Waals surface area contributed by atoms with Crippen molar-refractivity contribution in [2.24, 2.45) is 0 Å². The monoisotopic (exact) mass is 263 g/mol. The van der Waals surface area contributed by atoms with Gasteiger partial charge in [-0.3, -0.25) is 0 Å².